The minimum absolute atomic E-state index is 0.0918. The van der Waals surface area contributed by atoms with Gasteiger partial charge in [0, 0.05) is 22.0 Å². The smallest absolute Gasteiger partial charge is 0.234 e. The molecule has 6 nitrogen and oxygen atoms in total. The predicted octanol–water partition coefficient (Wildman–Crippen LogP) is 3.93. The van der Waals surface area contributed by atoms with Crippen molar-refractivity contribution in [3.63, 3.8) is 0 Å². The molecule has 4 rings (SSSR count). The number of amides is 1. The van der Waals surface area contributed by atoms with Crippen LogP contribution in [0.3, 0.4) is 0 Å². The molecule has 0 spiro atoms. The van der Waals surface area contributed by atoms with Crippen molar-refractivity contribution in [3.8, 4) is 11.5 Å². The molecule has 140 valence electrons. The Morgan fingerprint density at radius 2 is 2.07 bits per heavy atom. The van der Waals surface area contributed by atoms with Crippen LogP contribution in [0.1, 0.15) is 16.9 Å². The first kappa shape index (κ1) is 18.1. The summed E-state index contributed by atoms with van der Waals surface area (Å²) in [5.41, 5.74) is 2.04. The number of aromatic nitrogens is 2. The van der Waals surface area contributed by atoms with E-state index in [0.29, 0.717) is 17.2 Å². The number of aryl methyl sites for hydroxylation is 2. The Labute approximate surface area is 165 Å². The van der Waals surface area contributed by atoms with Gasteiger partial charge < -0.3 is 14.8 Å². The zero-order valence-corrected chi connectivity index (χ0v) is 16.7. The molecular weight excluding hydrogens is 382 g/mol. The summed E-state index contributed by atoms with van der Waals surface area (Å²) in [7, 11) is 3.15. The van der Waals surface area contributed by atoms with E-state index in [2.05, 4.69) is 15.3 Å². The van der Waals surface area contributed by atoms with Crippen LogP contribution in [-0.2, 0) is 17.6 Å². The number of thiophene rings is 1. The van der Waals surface area contributed by atoms with Gasteiger partial charge in [0.05, 0.1) is 20.0 Å². The van der Waals surface area contributed by atoms with Crippen molar-refractivity contribution in [2.24, 2.45) is 0 Å². The monoisotopic (exact) mass is 401 g/mol. The first-order valence-electron chi connectivity index (χ1n) is 8.59. The zero-order valence-electron chi connectivity index (χ0n) is 15.1. The van der Waals surface area contributed by atoms with E-state index in [1.54, 1.807) is 50.1 Å². The highest BCUT2D eigenvalue weighted by molar-refractivity contribution is 8.00. The van der Waals surface area contributed by atoms with Gasteiger partial charge >= 0.3 is 0 Å². The number of hydrogen-bond donors (Lipinski definition) is 1. The molecule has 2 heterocycles. The maximum atomic E-state index is 12.4. The van der Waals surface area contributed by atoms with Crippen molar-refractivity contribution < 1.29 is 14.3 Å². The number of thioether (sulfide) groups is 1. The lowest BCUT2D eigenvalue weighted by molar-refractivity contribution is -0.113. The van der Waals surface area contributed by atoms with Crippen molar-refractivity contribution in [2.45, 2.75) is 24.3 Å². The molecule has 1 amide bonds. The average molecular weight is 402 g/mol. The number of hydrogen-bond acceptors (Lipinski definition) is 7. The maximum absolute atomic E-state index is 12.4. The molecule has 1 aromatic carbocycles. The van der Waals surface area contributed by atoms with Crippen molar-refractivity contribution >= 4 is 44.9 Å². The van der Waals surface area contributed by atoms with Crippen LogP contribution in [0.5, 0.6) is 11.5 Å². The van der Waals surface area contributed by atoms with Gasteiger partial charge in [-0.3, -0.25) is 4.79 Å². The first-order valence-corrected chi connectivity index (χ1v) is 10.4. The quantitative estimate of drug-likeness (QED) is 0.498. The van der Waals surface area contributed by atoms with E-state index < -0.39 is 0 Å². The van der Waals surface area contributed by atoms with Crippen LogP contribution >= 0.6 is 23.1 Å². The third kappa shape index (κ3) is 3.59. The fourth-order valence-electron chi connectivity index (χ4n) is 3.25. The van der Waals surface area contributed by atoms with Crippen LogP contribution in [0.2, 0.25) is 0 Å². The van der Waals surface area contributed by atoms with Crippen molar-refractivity contribution in [3.05, 3.63) is 35.0 Å². The van der Waals surface area contributed by atoms with Gasteiger partial charge in [-0.2, -0.15) is 0 Å². The van der Waals surface area contributed by atoms with E-state index in [4.69, 9.17) is 9.47 Å². The van der Waals surface area contributed by atoms with Gasteiger partial charge in [0.2, 0.25) is 5.91 Å². The van der Waals surface area contributed by atoms with Gasteiger partial charge in [-0.1, -0.05) is 11.8 Å². The summed E-state index contributed by atoms with van der Waals surface area (Å²) >= 11 is 3.21. The molecule has 0 atom stereocenters. The minimum atomic E-state index is -0.0918. The molecule has 0 bridgehead atoms. The Bertz CT molecular complexity index is 1000. The molecule has 8 heteroatoms. The second-order valence-electron chi connectivity index (χ2n) is 6.12. The summed E-state index contributed by atoms with van der Waals surface area (Å²) in [6, 6.07) is 5.30. The van der Waals surface area contributed by atoms with Crippen molar-refractivity contribution in [1.82, 2.24) is 9.97 Å². The number of nitrogens with one attached hydrogen (secondary N) is 1. The summed E-state index contributed by atoms with van der Waals surface area (Å²) in [5, 5.41) is 4.92. The summed E-state index contributed by atoms with van der Waals surface area (Å²) in [6.07, 6.45) is 4.98. The number of carbonyl (C=O) groups excluding carboxylic acids is 1. The fraction of sp³-hybridized carbons (Fsp3) is 0.316. The number of anilines is 1. The molecule has 1 N–H and O–H groups in total. The van der Waals surface area contributed by atoms with Gasteiger partial charge in [0.1, 0.15) is 16.2 Å². The SMILES string of the molecule is COc1ccc(NC(=O)CSc2ncnc3sc4c(c23)CCC4)cc1OC. The third-order valence-corrected chi connectivity index (χ3v) is 6.66. The lowest BCUT2D eigenvalue weighted by Crippen LogP contribution is -2.14. The molecule has 1 aliphatic carbocycles. The first-order chi connectivity index (χ1) is 13.2. The summed E-state index contributed by atoms with van der Waals surface area (Å²) < 4.78 is 10.5. The molecule has 1 aliphatic rings. The highest BCUT2D eigenvalue weighted by Gasteiger charge is 2.21. The number of fused-ring (bicyclic) bond motifs is 3. The van der Waals surface area contributed by atoms with E-state index in [0.717, 1.165) is 28.1 Å². The number of benzene rings is 1. The predicted molar refractivity (Wildman–Crippen MR) is 108 cm³/mol. The second kappa shape index (κ2) is 7.74. The van der Waals surface area contributed by atoms with Crippen LogP contribution in [0.15, 0.2) is 29.6 Å². The maximum Gasteiger partial charge on any atom is 0.234 e. The second-order valence-corrected chi connectivity index (χ2v) is 8.17. The molecule has 0 saturated carbocycles. The third-order valence-electron chi connectivity index (χ3n) is 4.47. The van der Waals surface area contributed by atoms with E-state index in [9.17, 15) is 4.79 Å². The average Bonchev–Trinajstić information content (AvgIpc) is 3.27. The lowest BCUT2D eigenvalue weighted by Gasteiger charge is -2.10. The summed E-state index contributed by atoms with van der Waals surface area (Å²) in [4.78, 5) is 23.7. The molecule has 0 fully saturated rings. The van der Waals surface area contributed by atoms with E-state index in [1.165, 1.54) is 28.6 Å². The van der Waals surface area contributed by atoms with Gasteiger partial charge in [0.15, 0.2) is 11.5 Å². The molecule has 3 aromatic rings. The molecule has 0 aliphatic heterocycles. The topological polar surface area (TPSA) is 73.3 Å². The van der Waals surface area contributed by atoms with E-state index >= 15 is 0 Å². The van der Waals surface area contributed by atoms with Gasteiger partial charge in [0.25, 0.3) is 0 Å². The van der Waals surface area contributed by atoms with Crippen LogP contribution in [0.25, 0.3) is 10.2 Å². The molecule has 0 unspecified atom stereocenters. The largest absolute Gasteiger partial charge is 0.493 e. The number of nitrogens with zero attached hydrogens (tertiary/aromatic N) is 2. The molecule has 0 saturated heterocycles. The Morgan fingerprint density at radius 3 is 2.89 bits per heavy atom. The van der Waals surface area contributed by atoms with Crippen molar-refractivity contribution in [2.75, 3.05) is 25.3 Å². The van der Waals surface area contributed by atoms with Crippen molar-refractivity contribution in [1.29, 1.82) is 0 Å². The van der Waals surface area contributed by atoms with Crippen LogP contribution in [0.4, 0.5) is 5.69 Å². The normalized spacial score (nSPS) is 12.8. The number of ether oxygens (including phenoxy) is 2. The van der Waals surface area contributed by atoms with Gasteiger partial charge in [-0.15, -0.1) is 11.3 Å². The number of carbonyl (C=O) groups is 1. The Morgan fingerprint density at radius 1 is 1.22 bits per heavy atom. The summed E-state index contributed by atoms with van der Waals surface area (Å²) in [6.45, 7) is 0. The van der Waals surface area contributed by atoms with E-state index in [1.807, 2.05) is 0 Å². The Hall–Kier alpha value is -2.32. The zero-order chi connectivity index (χ0) is 18.8. The number of methoxy groups -OCH3 is 2. The molecule has 2 aromatic heterocycles. The fourth-order valence-corrected chi connectivity index (χ4v) is 5.37. The lowest BCUT2D eigenvalue weighted by atomic mass is 10.2. The van der Waals surface area contributed by atoms with Crippen LogP contribution < -0.4 is 14.8 Å². The minimum Gasteiger partial charge on any atom is -0.493 e. The number of rotatable bonds is 6. The van der Waals surface area contributed by atoms with Gasteiger partial charge in [-0.25, -0.2) is 9.97 Å². The van der Waals surface area contributed by atoms with Crippen LogP contribution in [-0.4, -0.2) is 35.8 Å². The Balaban J connectivity index is 1.46. The van der Waals surface area contributed by atoms with E-state index in [-0.39, 0.29) is 11.7 Å². The van der Waals surface area contributed by atoms with Gasteiger partial charge in [-0.05, 0) is 37.0 Å². The van der Waals surface area contributed by atoms with Crippen LogP contribution in [0, 0.1) is 0 Å². The molecule has 0 radical (unpaired) electrons. The summed E-state index contributed by atoms with van der Waals surface area (Å²) in [5.74, 6) is 1.39. The molecular formula is C19H19N3O3S2. The highest BCUT2D eigenvalue weighted by Crippen LogP contribution is 2.40. The Kier molecular flexibility index (Phi) is 5.18. The molecule has 27 heavy (non-hydrogen) atoms. The highest BCUT2D eigenvalue weighted by atomic mass is 32.2. The standard InChI is InChI=1S/C19H19N3O3S2/c1-24-13-7-6-11(8-14(13)25-2)22-16(23)9-26-18-17-12-4-3-5-15(12)27-19(17)21-10-20-18/h6-8,10H,3-5,9H2,1-2H3,(H,22,23).